The Morgan fingerprint density at radius 1 is 1.28 bits per heavy atom. The van der Waals surface area contributed by atoms with Gasteiger partial charge in [0, 0.05) is 24.7 Å². The van der Waals surface area contributed by atoms with Crippen molar-refractivity contribution in [2.24, 2.45) is 5.41 Å². The molecule has 0 saturated carbocycles. The Balaban J connectivity index is 1.68. The van der Waals surface area contributed by atoms with E-state index in [4.69, 9.17) is 0 Å². The summed E-state index contributed by atoms with van der Waals surface area (Å²) in [5.74, 6) is -0.947. The zero-order valence-electron chi connectivity index (χ0n) is 10.3. The Kier molecular flexibility index (Phi) is 3.08. The van der Waals surface area contributed by atoms with E-state index in [-0.39, 0.29) is 0 Å². The molecule has 0 radical (unpaired) electrons. The SMILES string of the molecule is Fc1ccc(CN2CCCC3(C[N-]C3)C2)c(F)c1. The van der Waals surface area contributed by atoms with E-state index in [0.717, 1.165) is 38.7 Å². The molecule has 2 aliphatic rings. The van der Waals surface area contributed by atoms with Gasteiger partial charge in [0.15, 0.2) is 0 Å². The molecule has 0 atom stereocenters. The Morgan fingerprint density at radius 2 is 2.11 bits per heavy atom. The van der Waals surface area contributed by atoms with Crippen molar-refractivity contribution in [2.75, 3.05) is 26.2 Å². The summed E-state index contributed by atoms with van der Waals surface area (Å²) in [6, 6.07) is 3.85. The van der Waals surface area contributed by atoms with E-state index < -0.39 is 11.6 Å². The molecule has 2 aliphatic heterocycles. The Hall–Kier alpha value is -1.00. The van der Waals surface area contributed by atoms with Crippen LogP contribution in [0, 0.1) is 17.0 Å². The minimum Gasteiger partial charge on any atom is -0.661 e. The Morgan fingerprint density at radius 3 is 2.78 bits per heavy atom. The van der Waals surface area contributed by atoms with Gasteiger partial charge < -0.3 is 5.32 Å². The second-order valence-electron chi connectivity index (χ2n) is 5.59. The van der Waals surface area contributed by atoms with Crippen LogP contribution < -0.4 is 0 Å². The molecule has 0 amide bonds. The van der Waals surface area contributed by atoms with Crippen LogP contribution in [0.2, 0.25) is 0 Å². The van der Waals surface area contributed by atoms with E-state index in [0.29, 0.717) is 17.5 Å². The minimum absolute atomic E-state index is 0.356. The highest BCUT2D eigenvalue weighted by atomic mass is 19.1. The number of likely N-dealkylation sites (tertiary alicyclic amines) is 1. The number of rotatable bonds is 2. The van der Waals surface area contributed by atoms with E-state index in [1.54, 1.807) is 6.07 Å². The van der Waals surface area contributed by atoms with Crippen molar-refractivity contribution in [1.82, 2.24) is 4.90 Å². The zero-order valence-corrected chi connectivity index (χ0v) is 10.3. The lowest BCUT2D eigenvalue weighted by atomic mass is 9.75. The molecule has 2 heterocycles. The van der Waals surface area contributed by atoms with Gasteiger partial charge in [-0.1, -0.05) is 11.5 Å². The molecule has 3 rings (SSSR count). The summed E-state index contributed by atoms with van der Waals surface area (Å²) in [5, 5.41) is 4.31. The average molecular weight is 251 g/mol. The molecule has 1 aromatic carbocycles. The monoisotopic (exact) mass is 251 g/mol. The number of hydrogen-bond acceptors (Lipinski definition) is 1. The van der Waals surface area contributed by atoms with Gasteiger partial charge in [0.2, 0.25) is 0 Å². The van der Waals surface area contributed by atoms with Gasteiger partial charge in [-0.25, -0.2) is 8.78 Å². The molecule has 0 aliphatic carbocycles. The molecule has 0 unspecified atom stereocenters. The van der Waals surface area contributed by atoms with Crippen LogP contribution in [-0.2, 0) is 6.54 Å². The van der Waals surface area contributed by atoms with E-state index in [1.807, 2.05) is 0 Å². The van der Waals surface area contributed by atoms with Crippen LogP contribution in [0.5, 0.6) is 0 Å². The zero-order chi connectivity index (χ0) is 12.6. The topological polar surface area (TPSA) is 17.3 Å². The normalized spacial score (nSPS) is 23.0. The maximum absolute atomic E-state index is 13.6. The van der Waals surface area contributed by atoms with Gasteiger partial charge in [-0.2, -0.15) is 0 Å². The van der Waals surface area contributed by atoms with Gasteiger partial charge in [0.1, 0.15) is 11.6 Å². The number of hydrogen-bond donors (Lipinski definition) is 0. The lowest BCUT2D eigenvalue weighted by Gasteiger charge is -2.58. The smallest absolute Gasteiger partial charge is 0.130 e. The molecule has 1 spiro atoms. The van der Waals surface area contributed by atoms with Crippen molar-refractivity contribution in [3.05, 3.63) is 40.7 Å². The summed E-state index contributed by atoms with van der Waals surface area (Å²) >= 11 is 0. The van der Waals surface area contributed by atoms with Gasteiger partial charge >= 0.3 is 0 Å². The van der Waals surface area contributed by atoms with Gasteiger partial charge in [0.05, 0.1) is 0 Å². The van der Waals surface area contributed by atoms with Crippen molar-refractivity contribution in [1.29, 1.82) is 0 Å². The number of nitrogens with zero attached hydrogens (tertiary/aromatic N) is 2. The van der Waals surface area contributed by atoms with Crippen LogP contribution in [-0.4, -0.2) is 31.1 Å². The van der Waals surface area contributed by atoms with E-state index in [2.05, 4.69) is 10.2 Å². The highest BCUT2D eigenvalue weighted by molar-refractivity contribution is 5.19. The van der Waals surface area contributed by atoms with Crippen molar-refractivity contribution >= 4 is 0 Å². The first kappa shape index (κ1) is 12.1. The Labute approximate surface area is 106 Å². The lowest BCUT2D eigenvalue weighted by Crippen LogP contribution is -2.51. The second-order valence-corrected chi connectivity index (χ2v) is 5.59. The van der Waals surface area contributed by atoms with Crippen LogP contribution in [0.15, 0.2) is 18.2 Å². The minimum atomic E-state index is -0.510. The maximum Gasteiger partial charge on any atom is 0.130 e. The van der Waals surface area contributed by atoms with Crippen LogP contribution in [0.25, 0.3) is 5.32 Å². The highest BCUT2D eigenvalue weighted by Gasteiger charge is 2.33. The summed E-state index contributed by atoms with van der Waals surface area (Å²) in [6.45, 7) is 4.48. The van der Waals surface area contributed by atoms with E-state index >= 15 is 0 Å². The predicted octanol–water partition coefficient (Wildman–Crippen LogP) is 2.93. The number of benzene rings is 1. The van der Waals surface area contributed by atoms with Gasteiger partial charge in [-0.15, -0.1) is 13.1 Å². The van der Waals surface area contributed by atoms with Crippen molar-refractivity contribution in [3.8, 4) is 0 Å². The van der Waals surface area contributed by atoms with Crippen LogP contribution in [0.3, 0.4) is 0 Å². The first-order valence-corrected chi connectivity index (χ1v) is 6.46. The molecule has 2 nitrogen and oxygen atoms in total. The first-order chi connectivity index (χ1) is 8.67. The molecular weight excluding hydrogens is 234 g/mol. The maximum atomic E-state index is 13.6. The summed E-state index contributed by atoms with van der Waals surface area (Å²) in [7, 11) is 0. The van der Waals surface area contributed by atoms with E-state index in [9.17, 15) is 8.78 Å². The molecule has 18 heavy (non-hydrogen) atoms. The fourth-order valence-corrected chi connectivity index (χ4v) is 3.02. The molecule has 0 N–H and O–H groups in total. The molecular formula is C14H17F2N2-. The standard InChI is InChI=1S/C14H17F2N2/c15-12-3-2-11(13(16)6-12)7-18-5-1-4-14(10-18)8-17-9-14/h2-3,6H,1,4-5,7-10H2/q-1. The van der Waals surface area contributed by atoms with Gasteiger partial charge in [-0.05, 0) is 25.5 Å². The fourth-order valence-electron chi connectivity index (χ4n) is 3.02. The van der Waals surface area contributed by atoms with Crippen molar-refractivity contribution in [3.63, 3.8) is 0 Å². The molecule has 98 valence electrons. The predicted molar refractivity (Wildman–Crippen MR) is 66.4 cm³/mol. The summed E-state index contributed by atoms with van der Waals surface area (Å²) in [5.41, 5.74) is 0.944. The lowest BCUT2D eigenvalue weighted by molar-refractivity contribution is 0.0799. The summed E-state index contributed by atoms with van der Waals surface area (Å²) < 4.78 is 26.5. The third-order valence-electron chi connectivity index (χ3n) is 4.04. The van der Waals surface area contributed by atoms with E-state index in [1.165, 1.54) is 12.5 Å². The van der Waals surface area contributed by atoms with Gasteiger partial charge in [0.25, 0.3) is 0 Å². The molecule has 1 aromatic rings. The van der Waals surface area contributed by atoms with Crippen LogP contribution in [0.4, 0.5) is 8.78 Å². The summed E-state index contributed by atoms with van der Waals surface area (Å²) in [4.78, 5) is 2.27. The van der Waals surface area contributed by atoms with Crippen molar-refractivity contribution < 1.29 is 8.78 Å². The second kappa shape index (κ2) is 4.59. The molecule has 0 aromatic heterocycles. The fraction of sp³-hybridized carbons (Fsp3) is 0.571. The van der Waals surface area contributed by atoms with Gasteiger partial charge in [-0.3, -0.25) is 4.90 Å². The number of piperidine rings is 1. The Bertz CT molecular complexity index is 443. The molecule has 4 heteroatoms. The third-order valence-corrected chi connectivity index (χ3v) is 4.04. The van der Waals surface area contributed by atoms with Crippen LogP contribution in [0.1, 0.15) is 18.4 Å². The molecule has 0 bridgehead atoms. The molecule has 2 fully saturated rings. The number of halogens is 2. The van der Waals surface area contributed by atoms with Crippen molar-refractivity contribution in [2.45, 2.75) is 19.4 Å². The third kappa shape index (κ3) is 2.27. The van der Waals surface area contributed by atoms with Crippen LogP contribution >= 0.6 is 0 Å². The quantitative estimate of drug-likeness (QED) is 0.790. The average Bonchev–Trinajstić information content (AvgIpc) is 2.31. The molecule has 2 saturated heterocycles. The summed E-state index contributed by atoms with van der Waals surface area (Å²) in [6.07, 6.45) is 2.39. The largest absolute Gasteiger partial charge is 0.661 e. The first-order valence-electron chi connectivity index (χ1n) is 6.46. The highest BCUT2D eigenvalue weighted by Crippen LogP contribution is 2.40.